The molecule has 1 fully saturated rings. The number of urea groups is 1. The summed E-state index contributed by atoms with van der Waals surface area (Å²) in [5, 5.41) is 14.8. The van der Waals surface area contributed by atoms with Gasteiger partial charge in [-0.2, -0.15) is 0 Å². The van der Waals surface area contributed by atoms with Gasteiger partial charge in [0.2, 0.25) is 0 Å². The van der Waals surface area contributed by atoms with Crippen LogP contribution in [0.15, 0.2) is 12.1 Å². The Morgan fingerprint density at radius 1 is 1.32 bits per heavy atom. The maximum atomic E-state index is 12.4. The Hall–Kier alpha value is -2.48. The van der Waals surface area contributed by atoms with E-state index in [0.29, 0.717) is 24.6 Å². The first kappa shape index (κ1) is 20.3. The highest BCUT2D eigenvalue weighted by atomic mass is 16.5. The van der Waals surface area contributed by atoms with E-state index in [4.69, 9.17) is 14.6 Å². The van der Waals surface area contributed by atoms with Crippen LogP contribution in [-0.4, -0.2) is 59.9 Å². The summed E-state index contributed by atoms with van der Waals surface area (Å²) in [6.45, 7) is 7.08. The molecule has 8 nitrogen and oxygen atoms in total. The number of likely N-dealkylation sites (N-methyl/N-ethyl adjacent to an activating group) is 1. The van der Waals surface area contributed by atoms with Crippen LogP contribution in [0.1, 0.15) is 39.2 Å². The average molecular weight is 391 g/mol. The SMILES string of the molecule is CCOc1cc2c(cc1NC(=O)NC1CC(N(CC)CC(=O)O)C1)OC(C)C2. The summed E-state index contributed by atoms with van der Waals surface area (Å²) >= 11 is 0. The number of nitrogens with one attached hydrogen (secondary N) is 2. The zero-order valence-corrected chi connectivity index (χ0v) is 16.7. The molecule has 2 aliphatic rings. The van der Waals surface area contributed by atoms with Crippen molar-refractivity contribution in [2.24, 2.45) is 0 Å². The number of carboxylic acid groups (broad SMARTS) is 1. The Kier molecular flexibility index (Phi) is 6.28. The van der Waals surface area contributed by atoms with Crippen molar-refractivity contribution in [2.75, 3.05) is 25.0 Å². The molecule has 1 unspecified atom stereocenters. The zero-order valence-electron chi connectivity index (χ0n) is 16.7. The van der Waals surface area contributed by atoms with Crippen molar-refractivity contribution in [3.63, 3.8) is 0 Å². The van der Waals surface area contributed by atoms with Crippen molar-refractivity contribution < 1.29 is 24.2 Å². The van der Waals surface area contributed by atoms with E-state index in [2.05, 4.69) is 10.6 Å². The summed E-state index contributed by atoms with van der Waals surface area (Å²) in [5.41, 5.74) is 1.67. The van der Waals surface area contributed by atoms with Crippen LogP contribution in [0.5, 0.6) is 11.5 Å². The minimum Gasteiger partial charge on any atom is -0.492 e. The van der Waals surface area contributed by atoms with E-state index in [1.807, 2.05) is 37.8 Å². The summed E-state index contributed by atoms with van der Waals surface area (Å²) in [6, 6.07) is 3.69. The monoisotopic (exact) mass is 391 g/mol. The summed E-state index contributed by atoms with van der Waals surface area (Å²) in [7, 11) is 0. The summed E-state index contributed by atoms with van der Waals surface area (Å²) < 4.78 is 11.5. The molecule has 154 valence electrons. The topological polar surface area (TPSA) is 100 Å². The van der Waals surface area contributed by atoms with Gasteiger partial charge in [-0.05, 0) is 39.3 Å². The number of carbonyl (C=O) groups is 2. The normalized spacial score (nSPS) is 22.8. The zero-order chi connectivity index (χ0) is 20.3. The predicted molar refractivity (Wildman–Crippen MR) is 105 cm³/mol. The number of rotatable bonds is 8. The van der Waals surface area contributed by atoms with Crippen molar-refractivity contribution in [3.05, 3.63) is 17.7 Å². The first-order valence-corrected chi connectivity index (χ1v) is 9.89. The number of nitrogens with zero attached hydrogens (tertiary/aromatic N) is 1. The Bertz CT molecular complexity index is 733. The molecule has 28 heavy (non-hydrogen) atoms. The van der Waals surface area contributed by atoms with E-state index in [1.165, 1.54) is 0 Å². The van der Waals surface area contributed by atoms with Crippen molar-refractivity contribution >= 4 is 17.7 Å². The van der Waals surface area contributed by atoms with E-state index in [9.17, 15) is 9.59 Å². The van der Waals surface area contributed by atoms with Crippen LogP contribution >= 0.6 is 0 Å². The summed E-state index contributed by atoms with van der Waals surface area (Å²) in [6.07, 6.45) is 2.44. The van der Waals surface area contributed by atoms with Gasteiger partial charge >= 0.3 is 12.0 Å². The lowest BCUT2D eigenvalue weighted by Gasteiger charge is -2.42. The molecule has 0 radical (unpaired) electrons. The van der Waals surface area contributed by atoms with Gasteiger partial charge in [0.05, 0.1) is 18.8 Å². The van der Waals surface area contributed by atoms with Crippen LogP contribution < -0.4 is 20.1 Å². The molecule has 0 aromatic heterocycles. The molecule has 3 N–H and O–H groups in total. The molecule has 0 bridgehead atoms. The van der Waals surface area contributed by atoms with E-state index >= 15 is 0 Å². The number of aliphatic carboxylic acids is 1. The van der Waals surface area contributed by atoms with Crippen molar-refractivity contribution in [1.82, 2.24) is 10.2 Å². The Balaban J connectivity index is 1.56. The second-order valence-corrected chi connectivity index (χ2v) is 7.40. The van der Waals surface area contributed by atoms with Gasteiger partial charge in [-0.1, -0.05) is 6.92 Å². The van der Waals surface area contributed by atoms with Crippen LogP contribution in [0.3, 0.4) is 0 Å². The van der Waals surface area contributed by atoms with Gasteiger partial charge in [0, 0.05) is 30.1 Å². The smallest absolute Gasteiger partial charge is 0.319 e. The van der Waals surface area contributed by atoms with Crippen molar-refractivity contribution in [3.8, 4) is 11.5 Å². The molecule has 1 aromatic carbocycles. The van der Waals surface area contributed by atoms with E-state index in [-0.39, 0.29) is 30.8 Å². The molecule has 2 amide bonds. The number of hydrogen-bond donors (Lipinski definition) is 3. The molecule has 1 heterocycles. The molecule has 1 atom stereocenters. The highest BCUT2D eigenvalue weighted by molar-refractivity contribution is 5.91. The number of anilines is 1. The Labute approximate surface area is 165 Å². The summed E-state index contributed by atoms with van der Waals surface area (Å²) in [5.74, 6) is 0.592. The van der Waals surface area contributed by atoms with E-state index in [1.54, 1.807) is 0 Å². The maximum Gasteiger partial charge on any atom is 0.319 e. The Morgan fingerprint density at radius 3 is 2.71 bits per heavy atom. The summed E-state index contributed by atoms with van der Waals surface area (Å²) in [4.78, 5) is 25.3. The fourth-order valence-electron chi connectivity index (χ4n) is 3.83. The molecular weight excluding hydrogens is 362 g/mol. The molecule has 1 aliphatic heterocycles. The third-order valence-electron chi connectivity index (χ3n) is 5.26. The fourth-order valence-corrected chi connectivity index (χ4v) is 3.83. The number of hydrogen-bond acceptors (Lipinski definition) is 5. The largest absolute Gasteiger partial charge is 0.492 e. The van der Waals surface area contributed by atoms with Crippen LogP contribution in [0.2, 0.25) is 0 Å². The fraction of sp³-hybridized carbons (Fsp3) is 0.600. The molecular formula is C20H29N3O5. The van der Waals surface area contributed by atoms with Gasteiger partial charge in [0.15, 0.2) is 0 Å². The van der Waals surface area contributed by atoms with E-state index in [0.717, 1.165) is 30.6 Å². The quantitative estimate of drug-likeness (QED) is 0.629. The molecule has 8 heteroatoms. The van der Waals surface area contributed by atoms with Gasteiger partial charge in [-0.15, -0.1) is 0 Å². The number of fused-ring (bicyclic) bond motifs is 1. The molecule has 3 rings (SSSR count). The lowest BCUT2D eigenvalue weighted by Crippen LogP contribution is -2.55. The Morgan fingerprint density at radius 2 is 2.07 bits per heavy atom. The lowest BCUT2D eigenvalue weighted by atomic mass is 9.85. The second-order valence-electron chi connectivity index (χ2n) is 7.40. The highest BCUT2D eigenvalue weighted by Crippen LogP contribution is 2.38. The van der Waals surface area contributed by atoms with Crippen molar-refractivity contribution in [1.29, 1.82) is 0 Å². The third-order valence-corrected chi connectivity index (χ3v) is 5.26. The number of benzene rings is 1. The number of ether oxygens (including phenoxy) is 2. The van der Waals surface area contributed by atoms with Crippen LogP contribution in [-0.2, 0) is 11.2 Å². The number of carbonyl (C=O) groups excluding carboxylic acids is 1. The van der Waals surface area contributed by atoms with Crippen LogP contribution in [0.25, 0.3) is 0 Å². The number of carboxylic acids is 1. The first-order valence-electron chi connectivity index (χ1n) is 9.89. The average Bonchev–Trinajstić information content (AvgIpc) is 2.95. The molecule has 0 saturated heterocycles. The maximum absolute atomic E-state index is 12.4. The standard InChI is InChI=1S/C20H29N3O5/c1-4-23(11-19(24)25)15-8-14(9-15)21-20(26)22-16-10-17-13(6-12(3)28-17)7-18(16)27-5-2/h7,10,12,14-15H,4-6,8-9,11H2,1-3H3,(H,24,25)(H2,21,22,26). The molecule has 0 spiro atoms. The van der Waals surface area contributed by atoms with Gasteiger partial charge < -0.3 is 25.2 Å². The second kappa shape index (κ2) is 8.68. The lowest BCUT2D eigenvalue weighted by molar-refractivity contribution is -0.139. The van der Waals surface area contributed by atoms with Gasteiger partial charge in [0.1, 0.15) is 17.6 Å². The molecule has 1 saturated carbocycles. The number of amides is 2. The predicted octanol–water partition coefficient (Wildman–Crippen LogP) is 2.47. The van der Waals surface area contributed by atoms with Gasteiger partial charge in [-0.25, -0.2) is 4.79 Å². The van der Waals surface area contributed by atoms with Gasteiger partial charge in [0.25, 0.3) is 0 Å². The molecule has 1 aliphatic carbocycles. The minimum absolute atomic E-state index is 0.0331. The third kappa shape index (κ3) is 4.67. The minimum atomic E-state index is -0.826. The van der Waals surface area contributed by atoms with E-state index < -0.39 is 5.97 Å². The van der Waals surface area contributed by atoms with Gasteiger partial charge in [-0.3, -0.25) is 9.69 Å². The first-order chi connectivity index (χ1) is 13.4. The molecule has 1 aromatic rings. The highest BCUT2D eigenvalue weighted by Gasteiger charge is 2.34. The van der Waals surface area contributed by atoms with Crippen molar-refractivity contribution in [2.45, 2.75) is 58.2 Å². The van der Waals surface area contributed by atoms with Crippen LogP contribution in [0.4, 0.5) is 10.5 Å². The van der Waals surface area contributed by atoms with Crippen LogP contribution in [0, 0.1) is 0 Å².